The first kappa shape index (κ1) is 42.1. The van der Waals surface area contributed by atoms with E-state index in [-0.39, 0.29) is 24.2 Å². The second kappa shape index (κ2) is 21.3. The molecule has 3 N–H and O–H groups in total. The number of amides is 3. The fourth-order valence-electron chi connectivity index (χ4n) is 5.97. The molecule has 0 spiro atoms. The van der Waals surface area contributed by atoms with Gasteiger partial charge in [0, 0.05) is 43.7 Å². The molecule has 7 unspecified atom stereocenters. The first-order chi connectivity index (χ1) is 25.3. The van der Waals surface area contributed by atoms with Crippen LogP contribution in [0.2, 0.25) is 0 Å². The zero-order valence-corrected chi connectivity index (χ0v) is 30.6. The van der Waals surface area contributed by atoms with Crippen LogP contribution in [0.15, 0.2) is 59.7 Å². The Labute approximate surface area is 308 Å². The Morgan fingerprint density at radius 1 is 0.906 bits per heavy atom. The molecule has 3 amide bonds. The predicted molar refractivity (Wildman–Crippen MR) is 192 cm³/mol. The summed E-state index contributed by atoms with van der Waals surface area (Å²) in [7, 11) is 0. The lowest BCUT2D eigenvalue weighted by atomic mass is 9.88. The molecule has 53 heavy (non-hydrogen) atoms. The van der Waals surface area contributed by atoms with E-state index in [1.165, 1.54) is 27.7 Å². The summed E-state index contributed by atoms with van der Waals surface area (Å²) in [5, 5.41) is 11.7. The number of nitrogens with zero attached hydrogens (tertiary/aromatic N) is 3. The molecule has 2 aromatic carbocycles. The Hall–Kier alpha value is -5.31. The number of benzene rings is 2. The molecule has 1 aliphatic rings. The summed E-state index contributed by atoms with van der Waals surface area (Å²) < 4.78 is 23.8. The summed E-state index contributed by atoms with van der Waals surface area (Å²) in [6, 6.07) is 14.4. The fraction of sp³-hybridized carbons (Fsp3) is 0.514. The lowest BCUT2D eigenvalue weighted by molar-refractivity contribution is -0.271. The molecule has 0 saturated carbocycles. The maximum Gasteiger partial charge on any atom is 0.303 e. The van der Waals surface area contributed by atoms with E-state index in [2.05, 4.69) is 26.0 Å². The normalized spacial score (nSPS) is 20.4. The molecule has 1 aliphatic heterocycles. The Morgan fingerprint density at radius 2 is 1.58 bits per heavy atom. The zero-order valence-electron chi connectivity index (χ0n) is 30.6. The summed E-state index contributed by atoms with van der Waals surface area (Å²) in [6.45, 7) is 6.30. The van der Waals surface area contributed by atoms with Gasteiger partial charge in [0.1, 0.15) is 43.3 Å². The SMILES string of the molecule is CC(=O)CCCCCC(NC(C)=O)C(=O)Nc1ccc(C(OC2OC(COC(C)=O)C(OC(C)=O)C(C)C2NC(=O)CN=[N+]=[N-])c2ccccc2)cc1. The topological polar surface area (TPSA) is 224 Å². The maximum atomic E-state index is 13.2. The molecule has 1 saturated heterocycles. The average Bonchev–Trinajstić information content (AvgIpc) is 3.11. The van der Waals surface area contributed by atoms with Gasteiger partial charge in [0.25, 0.3) is 0 Å². The fourth-order valence-corrected chi connectivity index (χ4v) is 5.97. The van der Waals surface area contributed by atoms with E-state index in [0.29, 0.717) is 42.5 Å². The maximum absolute atomic E-state index is 13.2. The number of carbonyl (C=O) groups excluding carboxylic acids is 6. The predicted octanol–water partition coefficient (Wildman–Crippen LogP) is 4.43. The molecule has 3 rings (SSSR count). The number of Topliss-reactive ketones (excluding diaryl/α,β-unsaturated/α-hetero) is 1. The molecule has 0 bridgehead atoms. The van der Waals surface area contributed by atoms with E-state index in [1.807, 2.05) is 30.3 Å². The van der Waals surface area contributed by atoms with E-state index < -0.39 is 67.0 Å². The molecule has 1 heterocycles. The molecule has 0 aliphatic carbocycles. The van der Waals surface area contributed by atoms with Crippen molar-refractivity contribution in [1.82, 2.24) is 10.6 Å². The van der Waals surface area contributed by atoms with Gasteiger partial charge in [-0.25, -0.2) is 0 Å². The van der Waals surface area contributed by atoms with E-state index in [4.69, 9.17) is 24.5 Å². The molecule has 1 fully saturated rings. The number of ketones is 1. The lowest BCUT2D eigenvalue weighted by Crippen LogP contribution is -2.62. The number of esters is 2. The number of hydrogen-bond donors (Lipinski definition) is 3. The van der Waals surface area contributed by atoms with Gasteiger partial charge in [-0.2, -0.15) is 0 Å². The summed E-state index contributed by atoms with van der Waals surface area (Å²) in [6.07, 6.45) is -0.912. The number of ether oxygens (including phenoxy) is 4. The Morgan fingerprint density at radius 3 is 2.19 bits per heavy atom. The van der Waals surface area contributed by atoms with Crippen LogP contribution in [0.5, 0.6) is 0 Å². The van der Waals surface area contributed by atoms with Crippen LogP contribution in [0.4, 0.5) is 5.69 Å². The van der Waals surface area contributed by atoms with Gasteiger partial charge in [-0.15, -0.1) is 0 Å². The van der Waals surface area contributed by atoms with Crippen molar-refractivity contribution in [2.45, 2.75) is 103 Å². The standard InChI is InChI=1S/C37H48N6O10/c1-22(44)12-8-6-11-15-30(40-24(3)45)36(49)41-29-18-16-28(17-19-29)35(27-13-9-7-10-14-27)53-37-33(42-32(48)20-39-43-38)23(2)34(51-26(5)47)31(52-37)21-50-25(4)46/h7,9-10,13-14,16-19,23,30-31,33-35,37H,6,8,11-12,15,20-21H2,1-5H3,(H,40,45)(H,41,49)(H,42,48). The number of azide groups is 1. The van der Waals surface area contributed by atoms with Crippen LogP contribution in [-0.2, 0) is 47.7 Å². The Balaban J connectivity index is 1.90. The molecule has 286 valence electrons. The molecule has 16 nitrogen and oxygen atoms in total. The molecule has 0 aromatic heterocycles. The van der Waals surface area contributed by atoms with E-state index in [1.54, 1.807) is 31.2 Å². The molecule has 2 aromatic rings. The number of unbranched alkanes of at least 4 members (excludes halogenated alkanes) is 2. The van der Waals surface area contributed by atoms with Gasteiger partial charge >= 0.3 is 11.9 Å². The first-order valence-corrected chi connectivity index (χ1v) is 17.4. The van der Waals surface area contributed by atoms with Crippen LogP contribution in [-0.4, -0.2) is 79.2 Å². The van der Waals surface area contributed by atoms with Crippen LogP contribution >= 0.6 is 0 Å². The molecular formula is C37H48N6O10. The third-order valence-corrected chi connectivity index (χ3v) is 8.48. The van der Waals surface area contributed by atoms with Crippen LogP contribution < -0.4 is 16.0 Å². The number of carbonyl (C=O) groups is 6. The van der Waals surface area contributed by atoms with E-state index in [0.717, 1.165) is 6.42 Å². The van der Waals surface area contributed by atoms with Crippen molar-refractivity contribution in [2.75, 3.05) is 18.5 Å². The van der Waals surface area contributed by atoms with Gasteiger partial charge in [0.2, 0.25) is 17.7 Å². The van der Waals surface area contributed by atoms with Gasteiger partial charge in [-0.05, 0) is 48.6 Å². The van der Waals surface area contributed by atoms with Crippen molar-refractivity contribution in [1.29, 1.82) is 0 Å². The molecule has 16 heteroatoms. The van der Waals surface area contributed by atoms with Gasteiger partial charge < -0.3 is 39.7 Å². The summed E-state index contributed by atoms with van der Waals surface area (Å²) in [5.74, 6) is -3.06. The minimum absolute atomic E-state index is 0.107. The number of rotatable bonds is 19. The summed E-state index contributed by atoms with van der Waals surface area (Å²) in [5.41, 5.74) is 10.6. The van der Waals surface area contributed by atoms with Crippen molar-refractivity contribution < 1.29 is 47.7 Å². The minimum Gasteiger partial charge on any atom is -0.463 e. The van der Waals surface area contributed by atoms with Gasteiger partial charge in [-0.3, -0.25) is 24.0 Å². The van der Waals surface area contributed by atoms with Crippen molar-refractivity contribution in [3.8, 4) is 0 Å². The average molecular weight is 737 g/mol. The van der Waals surface area contributed by atoms with E-state index >= 15 is 0 Å². The van der Waals surface area contributed by atoms with Gasteiger partial charge in [0.15, 0.2) is 6.29 Å². The summed E-state index contributed by atoms with van der Waals surface area (Å²) >= 11 is 0. The minimum atomic E-state index is -1.19. The van der Waals surface area contributed by atoms with Gasteiger partial charge in [-0.1, -0.05) is 67.3 Å². The van der Waals surface area contributed by atoms with Crippen molar-refractivity contribution in [3.05, 3.63) is 76.2 Å². The smallest absolute Gasteiger partial charge is 0.303 e. The molecule has 0 radical (unpaired) electrons. The third-order valence-electron chi connectivity index (χ3n) is 8.48. The molecular weight excluding hydrogens is 688 g/mol. The van der Waals surface area contributed by atoms with Crippen LogP contribution in [0.1, 0.15) is 84.0 Å². The highest BCUT2D eigenvalue weighted by molar-refractivity contribution is 5.97. The highest BCUT2D eigenvalue weighted by Crippen LogP contribution is 2.35. The van der Waals surface area contributed by atoms with Crippen LogP contribution in [0.3, 0.4) is 0 Å². The molecule has 7 atom stereocenters. The number of hydrogen-bond acceptors (Lipinski definition) is 11. The second-order valence-electron chi connectivity index (χ2n) is 12.9. The van der Waals surface area contributed by atoms with Crippen LogP contribution in [0, 0.1) is 5.92 Å². The van der Waals surface area contributed by atoms with Crippen molar-refractivity contribution in [3.63, 3.8) is 0 Å². The zero-order chi connectivity index (χ0) is 38.9. The quantitative estimate of drug-likeness (QED) is 0.0605. The second-order valence-corrected chi connectivity index (χ2v) is 12.9. The van der Waals surface area contributed by atoms with E-state index in [9.17, 15) is 28.8 Å². The number of nitrogens with one attached hydrogen (secondary N) is 3. The first-order valence-electron chi connectivity index (χ1n) is 17.4. The monoisotopic (exact) mass is 736 g/mol. The van der Waals surface area contributed by atoms with Crippen molar-refractivity contribution in [2.24, 2.45) is 11.0 Å². The summed E-state index contributed by atoms with van der Waals surface area (Å²) in [4.78, 5) is 75.6. The lowest BCUT2D eigenvalue weighted by Gasteiger charge is -2.45. The largest absolute Gasteiger partial charge is 0.463 e. The highest BCUT2D eigenvalue weighted by atomic mass is 16.7. The van der Waals surface area contributed by atoms with Crippen LogP contribution in [0.25, 0.3) is 10.4 Å². The Kier molecular flexibility index (Phi) is 16.9. The Bertz CT molecular complexity index is 1620. The highest BCUT2D eigenvalue weighted by Gasteiger charge is 2.48. The third kappa shape index (κ3) is 14.0. The number of anilines is 1. The van der Waals surface area contributed by atoms with Crippen molar-refractivity contribution >= 4 is 41.1 Å². The van der Waals surface area contributed by atoms with Gasteiger partial charge in [0.05, 0.1) is 6.04 Å².